The predicted octanol–water partition coefficient (Wildman–Crippen LogP) is 4.35. The lowest BCUT2D eigenvalue weighted by molar-refractivity contribution is 0.340. The molecule has 0 amide bonds. The van der Waals surface area contributed by atoms with Crippen molar-refractivity contribution >= 4 is 11.8 Å². The van der Waals surface area contributed by atoms with Gasteiger partial charge in [0.25, 0.3) is 0 Å². The highest BCUT2D eigenvalue weighted by atomic mass is 32.2. The highest BCUT2D eigenvalue weighted by Gasteiger charge is 2.18. The summed E-state index contributed by atoms with van der Waals surface area (Å²) in [7, 11) is 1.63. The SMILES string of the molecule is CCOc1ccc(-n2c(SC(C)C#N)nnc2-c2cccc(OC)c2)cc1. The monoisotopic (exact) mass is 380 g/mol. The summed E-state index contributed by atoms with van der Waals surface area (Å²) in [5.74, 6) is 2.23. The molecule has 1 unspecified atom stereocenters. The summed E-state index contributed by atoms with van der Waals surface area (Å²) in [5.41, 5.74) is 1.78. The van der Waals surface area contributed by atoms with Crippen LogP contribution in [0.3, 0.4) is 0 Å². The molecule has 2 aromatic carbocycles. The van der Waals surface area contributed by atoms with Crippen LogP contribution in [0.25, 0.3) is 17.1 Å². The number of hydrogen-bond donors (Lipinski definition) is 0. The summed E-state index contributed by atoms with van der Waals surface area (Å²) < 4.78 is 12.8. The molecular weight excluding hydrogens is 360 g/mol. The Kier molecular flexibility index (Phi) is 5.99. The van der Waals surface area contributed by atoms with E-state index in [1.807, 2.05) is 66.9 Å². The standard InChI is InChI=1S/C20H20N4O2S/c1-4-26-17-10-8-16(9-11-17)24-19(15-6-5-7-18(12-15)25-3)22-23-20(24)27-14(2)13-21/h5-12,14H,4H2,1-3H3. The van der Waals surface area contributed by atoms with Crippen LogP contribution in [-0.4, -0.2) is 33.7 Å². The van der Waals surface area contributed by atoms with Gasteiger partial charge in [-0.2, -0.15) is 5.26 Å². The molecule has 0 fully saturated rings. The number of benzene rings is 2. The van der Waals surface area contributed by atoms with Crippen LogP contribution < -0.4 is 9.47 Å². The molecule has 3 aromatic rings. The smallest absolute Gasteiger partial charge is 0.197 e. The summed E-state index contributed by atoms with van der Waals surface area (Å²) in [6, 6.07) is 17.6. The quantitative estimate of drug-likeness (QED) is 0.568. The van der Waals surface area contributed by atoms with E-state index in [-0.39, 0.29) is 5.25 Å². The summed E-state index contributed by atoms with van der Waals surface area (Å²) >= 11 is 1.37. The van der Waals surface area contributed by atoms with Gasteiger partial charge < -0.3 is 9.47 Å². The number of ether oxygens (including phenoxy) is 2. The Morgan fingerprint density at radius 1 is 1.15 bits per heavy atom. The minimum atomic E-state index is -0.242. The Hall–Kier alpha value is -2.98. The molecule has 3 rings (SSSR count). The first kappa shape index (κ1) is 18.8. The normalized spacial score (nSPS) is 11.6. The molecule has 0 saturated heterocycles. The molecule has 0 aliphatic carbocycles. The van der Waals surface area contributed by atoms with E-state index in [1.165, 1.54) is 11.8 Å². The fourth-order valence-corrected chi connectivity index (χ4v) is 3.32. The first-order valence-electron chi connectivity index (χ1n) is 8.55. The molecule has 0 aliphatic rings. The number of nitrogens with zero attached hydrogens (tertiary/aromatic N) is 4. The van der Waals surface area contributed by atoms with E-state index in [0.29, 0.717) is 17.6 Å². The molecule has 0 saturated carbocycles. The van der Waals surface area contributed by atoms with Crippen molar-refractivity contribution in [3.05, 3.63) is 48.5 Å². The molecule has 7 heteroatoms. The Morgan fingerprint density at radius 3 is 2.59 bits per heavy atom. The summed E-state index contributed by atoms with van der Waals surface area (Å²) in [5, 5.41) is 18.3. The van der Waals surface area contributed by atoms with Gasteiger partial charge in [-0.3, -0.25) is 4.57 Å². The molecule has 0 spiro atoms. The minimum absolute atomic E-state index is 0.242. The van der Waals surface area contributed by atoms with Crippen LogP contribution in [0.5, 0.6) is 11.5 Å². The third-order valence-corrected chi connectivity index (χ3v) is 4.77. The topological polar surface area (TPSA) is 73.0 Å². The number of hydrogen-bond acceptors (Lipinski definition) is 6. The van der Waals surface area contributed by atoms with Gasteiger partial charge in [0.1, 0.15) is 11.5 Å². The number of thioether (sulfide) groups is 1. The van der Waals surface area contributed by atoms with E-state index in [4.69, 9.17) is 9.47 Å². The lowest BCUT2D eigenvalue weighted by Crippen LogP contribution is -2.02. The van der Waals surface area contributed by atoms with Crippen molar-refractivity contribution in [1.29, 1.82) is 5.26 Å². The number of methoxy groups -OCH3 is 1. The van der Waals surface area contributed by atoms with Gasteiger partial charge in [0.05, 0.1) is 25.0 Å². The molecule has 1 atom stereocenters. The molecule has 1 aromatic heterocycles. The Balaban J connectivity index is 2.10. The van der Waals surface area contributed by atoms with Gasteiger partial charge >= 0.3 is 0 Å². The second-order valence-corrected chi connectivity index (χ2v) is 7.00. The van der Waals surface area contributed by atoms with E-state index in [0.717, 1.165) is 22.7 Å². The maximum absolute atomic E-state index is 9.18. The first-order chi connectivity index (χ1) is 13.2. The van der Waals surface area contributed by atoms with Crippen molar-refractivity contribution in [2.45, 2.75) is 24.3 Å². The zero-order valence-corrected chi connectivity index (χ0v) is 16.2. The van der Waals surface area contributed by atoms with Crippen LogP contribution in [-0.2, 0) is 0 Å². The first-order valence-corrected chi connectivity index (χ1v) is 9.43. The van der Waals surface area contributed by atoms with Crippen molar-refractivity contribution in [2.24, 2.45) is 0 Å². The highest BCUT2D eigenvalue weighted by Crippen LogP contribution is 2.31. The van der Waals surface area contributed by atoms with E-state index in [1.54, 1.807) is 7.11 Å². The molecular formula is C20H20N4O2S. The maximum Gasteiger partial charge on any atom is 0.197 e. The average Bonchev–Trinajstić information content (AvgIpc) is 3.12. The second kappa shape index (κ2) is 8.60. The van der Waals surface area contributed by atoms with Crippen LogP contribution in [0, 0.1) is 11.3 Å². The fraction of sp³-hybridized carbons (Fsp3) is 0.250. The van der Waals surface area contributed by atoms with Crippen LogP contribution >= 0.6 is 11.8 Å². The van der Waals surface area contributed by atoms with Crippen molar-refractivity contribution in [2.75, 3.05) is 13.7 Å². The van der Waals surface area contributed by atoms with Gasteiger partial charge in [0, 0.05) is 11.3 Å². The van der Waals surface area contributed by atoms with Crippen LogP contribution in [0.4, 0.5) is 0 Å². The van der Waals surface area contributed by atoms with Crippen molar-refractivity contribution in [3.63, 3.8) is 0 Å². The van der Waals surface area contributed by atoms with Crippen molar-refractivity contribution in [1.82, 2.24) is 14.8 Å². The average molecular weight is 380 g/mol. The minimum Gasteiger partial charge on any atom is -0.497 e. The van der Waals surface area contributed by atoms with Crippen LogP contribution in [0.1, 0.15) is 13.8 Å². The highest BCUT2D eigenvalue weighted by molar-refractivity contribution is 8.00. The van der Waals surface area contributed by atoms with Crippen molar-refractivity contribution < 1.29 is 9.47 Å². The lowest BCUT2D eigenvalue weighted by Gasteiger charge is -2.12. The third-order valence-electron chi connectivity index (χ3n) is 3.83. The predicted molar refractivity (Wildman–Crippen MR) is 105 cm³/mol. The molecule has 1 heterocycles. The third kappa shape index (κ3) is 4.23. The largest absolute Gasteiger partial charge is 0.497 e. The van der Waals surface area contributed by atoms with E-state index >= 15 is 0 Å². The van der Waals surface area contributed by atoms with E-state index in [9.17, 15) is 5.26 Å². The van der Waals surface area contributed by atoms with Crippen LogP contribution in [0.2, 0.25) is 0 Å². The molecule has 0 aliphatic heterocycles. The molecule has 138 valence electrons. The Morgan fingerprint density at radius 2 is 1.93 bits per heavy atom. The summed E-state index contributed by atoms with van der Waals surface area (Å²) in [6.07, 6.45) is 0. The van der Waals surface area contributed by atoms with Gasteiger partial charge in [-0.05, 0) is 50.2 Å². The van der Waals surface area contributed by atoms with Gasteiger partial charge in [-0.25, -0.2) is 0 Å². The Labute approximate surface area is 162 Å². The number of rotatable bonds is 7. The molecule has 27 heavy (non-hydrogen) atoms. The van der Waals surface area contributed by atoms with Gasteiger partial charge in [0.2, 0.25) is 0 Å². The summed E-state index contributed by atoms with van der Waals surface area (Å²) in [6.45, 7) is 4.40. The second-order valence-electron chi connectivity index (χ2n) is 5.69. The summed E-state index contributed by atoms with van der Waals surface area (Å²) in [4.78, 5) is 0. The van der Waals surface area contributed by atoms with Gasteiger partial charge in [0.15, 0.2) is 11.0 Å². The van der Waals surface area contributed by atoms with E-state index < -0.39 is 0 Å². The van der Waals surface area contributed by atoms with Crippen molar-refractivity contribution in [3.8, 4) is 34.6 Å². The zero-order chi connectivity index (χ0) is 19.2. The molecule has 0 radical (unpaired) electrons. The van der Waals surface area contributed by atoms with E-state index in [2.05, 4.69) is 16.3 Å². The molecule has 6 nitrogen and oxygen atoms in total. The van der Waals surface area contributed by atoms with Gasteiger partial charge in [-0.15, -0.1) is 10.2 Å². The fourth-order valence-electron chi connectivity index (χ4n) is 2.57. The molecule has 0 bridgehead atoms. The zero-order valence-electron chi connectivity index (χ0n) is 15.4. The number of nitriles is 1. The maximum atomic E-state index is 9.18. The van der Waals surface area contributed by atoms with Crippen LogP contribution in [0.15, 0.2) is 53.7 Å². The molecule has 0 N–H and O–H groups in total. The number of aromatic nitrogens is 3. The lowest BCUT2D eigenvalue weighted by atomic mass is 10.2. The van der Waals surface area contributed by atoms with Gasteiger partial charge in [-0.1, -0.05) is 23.9 Å². The Bertz CT molecular complexity index is 947.